The van der Waals surface area contributed by atoms with Crippen LogP contribution in [0.15, 0.2) is 46.7 Å². The number of sulfonamides is 1. The molecule has 1 aromatic heterocycles. The second-order valence-corrected chi connectivity index (χ2v) is 11.1. The van der Waals surface area contributed by atoms with E-state index in [0.29, 0.717) is 17.2 Å². The molecule has 0 aliphatic carbocycles. The second-order valence-electron chi connectivity index (χ2n) is 7.22. The maximum Gasteiger partial charge on any atom is 0.235 e. The normalized spacial score (nSPS) is 11.1. The molecule has 0 saturated heterocycles. The summed E-state index contributed by atoms with van der Waals surface area (Å²) in [6.45, 7) is -0.0264. The number of methoxy groups -OCH3 is 1. The molecule has 0 aliphatic rings. The number of aromatic nitrogens is 1. The Kier molecular flexibility index (Phi) is 9.25. The van der Waals surface area contributed by atoms with Crippen LogP contribution in [-0.4, -0.2) is 44.8 Å². The topological polar surface area (TPSA) is 136 Å². The van der Waals surface area contributed by atoms with E-state index in [9.17, 15) is 22.4 Å². The molecule has 3 rings (SSSR count). The fraction of sp³-hybridized carbons (Fsp3) is 0.227. The molecule has 14 heteroatoms. The summed E-state index contributed by atoms with van der Waals surface area (Å²) in [6.07, 6.45) is 2.29. The van der Waals surface area contributed by atoms with E-state index < -0.39 is 34.1 Å². The maximum atomic E-state index is 13.9. The Balaban J connectivity index is 1.66. The third kappa shape index (κ3) is 7.91. The Bertz CT molecular complexity index is 1360. The van der Waals surface area contributed by atoms with Crippen molar-refractivity contribution < 1.29 is 31.9 Å². The predicted octanol–water partition coefficient (Wildman–Crippen LogP) is 3.82. The molecular weight excluding hydrogens is 531 g/mol. The van der Waals surface area contributed by atoms with Crippen molar-refractivity contribution in [1.82, 2.24) is 9.71 Å². The number of nitrogens with zero attached hydrogens (tertiary/aromatic N) is 1. The number of para-hydroxylation sites is 2. The van der Waals surface area contributed by atoms with Gasteiger partial charge >= 0.3 is 0 Å². The lowest BCUT2D eigenvalue weighted by Crippen LogP contribution is -2.22. The standard InChI is InChI=1S/C22H23FN4O6S3/c1-32-16-6-4-5-7-17(16)33-18-10-13(23)8-9-14(18)25-19(28)11-20(29)27-22-26-15(21(34-2)35-22)12-24-36(3,30)31/h4-10,24H,11-12H2,1-3H3,(H,25,28)(H,26,27,29). The first kappa shape index (κ1) is 27.4. The number of carbonyl (C=O) groups is 2. The lowest BCUT2D eigenvalue weighted by atomic mass is 10.2. The predicted molar refractivity (Wildman–Crippen MR) is 137 cm³/mol. The zero-order valence-corrected chi connectivity index (χ0v) is 21.9. The van der Waals surface area contributed by atoms with Gasteiger partial charge in [0.2, 0.25) is 21.8 Å². The highest BCUT2D eigenvalue weighted by molar-refractivity contribution is 8.00. The van der Waals surface area contributed by atoms with Crippen molar-refractivity contribution in [2.24, 2.45) is 0 Å². The van der Waals surface area contributed by atoms with Gasteiger partial charge in [-0.2, -0.15) is 0 Å². The van der Waals surface area contributed by atoms with Crippen molar-refractivity contribution in [2.75, 3.05) is 30.3 Å². The van der Waals surface area contributed by atoms with Gasteiger partial charge in [0, 0.05) is 6.07 Å². The summed E-state index contributed by atoms with van der Waals surface area (Å²) < 4.78 is 50.6. The van der Waals surface area contributed by atoms with Crippen LogP contribution in [-0.2, 0) is 26.2 Å². The summed E-state index contributed by atoms with van der Waals surface area (Å²) in [5.74, 6) is -1.12. The zero-order valence-electron chi connectivity index (χ0n) is 19.5. The number of benzene rings is 2. The molecule has 2 aromatic carbocycles. The third-order valence-corrected chi connectivity index (χ3v) is 7.26. The minimum atomic E-state index is -3.41. The van der Waals surface area contributed by atoms with Gasteiger partial charge in [-0.3, -0.25) is 9.59 Å². The molecule has 0 saturated carbocycles. The van der Waals surface area contributed by atoms with Crippen molar-refractivity contribution in [2.45, 2.75) is 17.2 Å². The molecule has 36 heavy (non-hydrogen) atoms. The minimum Gasteiger partial charge on any atom is -0.493 e. The lowest BCUT2D eigenvalue weighted by Gasteiger charge is -2.14. The highest BCUT2D eigenvalue weighted by atomic mass is 32.2. The second kappa shape index (κ2) is 12.2. The molecule has 0 fully saturated rings. The van der Waals surface area contributed by atoms with Gasteiger partial charge in [-0.05, 0) is 30.5 Å². The number of hydrogen-bond acceptors (Lipinski definition) is 9. The average molecular weight is 555 g/mol. The van der Waals surface area contributed by atoms with Crippen LogP contribution in [0.5, 0.6) is 17.2 Å². The van der Waals surface area contributed by atoms with E-state index in [1.165, 1.54) is 24.9 Å². The Hall–Kier alpha value is -3.20. The molecule has 0 aliphatic heterocycles. The van der Waals surface area contributed by atoms with Gasteiger partial charge in [-0.25, -0.2) is 22.5 Å². The summed E-state index contributed by atoms with van der Waals surface area (Å²) in [5, 5.41) is 5.31. The summed E-state index contributed by atoms with van der Waals surface area (Å²) in [5.41, 5.74) is 0.621. The first-order chi connectivity index (χ1) is 17.1. The number of thioether (sulfide) groups is 1. The molecule has 0 spiro atoms. The molecule has 3 aromatic rings. The number of rotatable bonds is 11. The Morgan fingerprint density at radius 2 is 1.78 bits per heavy atom. The lowest BCUT2D eigenvalue weighted by molar-refractivity contribution is -0.123. The summed E-state index contributed by atoms with van der Waals surface area (Å²) in [4.78, 5) is 29.2. The largest absolute Gasteiger partial charge is 0.493 e. The first-order valence-electron chi connectivity index (χ1n) is 10.3. The number of hydrogen-bond donors (Lipinski definition) is 3. The van der Waals surface area contributed by atoms with Gasteiger partial charge in [0.15, 0.2) is 22.4 Å². The first-order valence-corrected chi connectivity index (χ1v) is 14.2. The highest BCUT2D eigenvalue weighted by Crippen LogP contribution is 2.35. The molecule has 3 N–H and O–H groups in total. The van der Waals surface area contributed by atoms with Crippen LogP contribution in [0.4, 0.5) is 15.2 Å². The Morgan fingerprint density at radius 3 is 2.44 bits per heavy atom. The van der Waals surface area contributed by atoms with E-state index in [2.05, 4.69) is 20.3 Å². The van der Waals surface area contributed by atoms with Crippen LogP contribution < -0.4 is 24.8 Å². The van der Waals surface area contributed by atoms with Crippen LogP contribution in [0.25, 0.3) is 0 Å². The molecule has 0 unspecified atom stereocenters. The number of anilines is 2. The van der Waals surface area contributed by atoms with Crippen molar-refractivity contribution >= 4 is 55.8 Å². The number of carbonyl (C=O) groups excluding carboxylic acids is 2. The summed E-state index contributed by atoms with van der Waals surface area (Å²) in [6, 6.07) is 10.3. The van der Waals surface area contributed by atoms with E-state index in [-0.39, 0.29) is 23.1 Å². The fourth-order valence-corrected chi connectivity index (χ4v) is 4.93. The molecule has 0 atom stereocenters. The van der Waals surface area contributed by atoms with E-state index in [1.54, 1.807) is 30.5 Å². The van der Waals surface area contributed by atoms with Crippen LogP contribution in [0.2, 0.25) is 0 Å². The van der Waals surface area contributed by atoms with Gasteiger partial charge in [0.25, 0.3) is 0 Å². The molecule has 0 radical (unpaired) electrons. The van der Waals surface area contributed by atoms with E-state index >= 15 is 0 Å². The highest BCUT2D eigenvalue weighted by Gasteiger charge is 2.18. The molecule has 10 nitrogen and oxygen atoms in total. The summed E-state index contributed by atoms with van der Waals surface area (Å²) in [7, 11) is -1.95. The van der Waals surface area contributed by atoms with Crippen molar-refractivity contribution in [3.63, 3.8) is 0 Å². The zero-order chi connectivity index (χ0) is 26.3. The number of amides is 2. The quantitative estimate of drug-likeness (QED) is 0.240. The Morgan fingerprint density at radius 1 is 1.08 bits per heavy atom. The number of thiazole rings is 1. The van der Waals surface area contributed by atoms with Gasteiger partial charge in [-0.15, -0.1) is 11.8 Å². The van der Waals surface area contributed by atoms with E-state index in [0.717, 1.165) is 33.9 Å². The average Bonchev–Trinajstić information content (AvgIpc) is 3.20. The van der Waals surface area contributed by atoms with Crippen molar-refractivity contribution in [3.8, 4) is 17.2 Å². The monoisotopic (exact) mass is 554 g/mol. The fourth-order valence-electron chi connectivity index (χ4n) is 2.87. The molecule has 1 heterocycles. The molecule has 0 bridgehead atoms. The van der Waals surface area contributed by atoms with E-state index in [4.69, 9.17) is 9.47 Å². The Labute approximate surface area is 215 Å². The van der Waals surface area contributed by atoms with Crippen molar-refractivity contribution in [1.29, 1.82) is 0 Å². The summed E-state index contributed by atoms with van der Waals surface area (Å²) >= 11 is 2.51. The third-order valence-electron chi connectivity index (χ3n) is 4.42. The number of ether oxygens (including phenoxy) is 2. The van der Waals surface area contributed by atoms with Gasteiger partial charge in [0.05, 0.1) is 35.5 Å². The van der Waals surface area contributed by atoms with Crippen LogP contribution in [0.3, 0.4) is 0 Å². The van der Waals surface area contributed by atoms with E-state index in [1.807, 2.05) is 0 Å². The van der Waals surface area contributed by atoms with Crippen LogP contribution >= 0.6 is 23.1 Å². The van der Waals surface area contributed by atoms with Gasteiger partial charge in [-0.1, -0.05) is 23.5 Å². The van der Waals surface area contributed by atoms with Gasteiger partial charge in [0.1, 0.15) is 12.2 Å². The molecular formula is C22H23FN4O6S3. The van der Waals surface area contributed by atoms with Gasteiger partial charge < -0.3 is 20.1 Å². The SMILES string of the molecule is COc1ccccc1Oc1cc(F)ccc1NC(=O)CC(=O)Nc1nc(CNS(C)(=O)=O)c(SC)s1. The molecule has 2 amide bonds. The number of halogens is 1. The maximum absolute atomic E-state index is 13.9. The number of nitrogens with one attached hydrogen (secondary N) is 3. The van der Waals surface area contributed by atoms with Crippen LogP contribution in [0, 0.1) is 5.82 Å². The smallest absolute Gasteiger partial charge is 0.235 e. The van der Waals surface area contributed by atoms with Crippen LogP contribution in [0.1, 0.15) is 12.1 Å². The van der Waals surface area contributed by atoms with Crippen molar-refractivity contribution in [3.05, 3.63) is 54.0 Å². The minimum absolute atomic E-state index is 0.0264. The molecule has 192 valence electrons.